The molecule has 3 rings (SSSR count). The van der Waals surface area contributed by atoms with Gasteiger partial charge in [-0.2, -0.15) is 5.10 Å². The fourth-order valence-corrected chi connectivity index (χ4v) is 2.54. The maximum Gasteiger partial charge on any atom is 0.267 e. The summed E-state index contributed by atoms with van der Waals surface area (Å²) in [5, 5.41) is 7.13. The highest BCUT2D eigenvalue weighted by Gasteiger charge is 2.18. The van der Waals surface area contributed by atoms with Gasteiger partial charge < -0.3 is 10.1 Å². The van der Waals surface area contributed by atoms with E-state index in [9.17, 15) is 9.59 Å². The number of nitrogens with one attached hydrogen (secondary N) is 1. The molecule has 7 nitrogen and oxygen atoms in total. The van der Waals surface area contributed by atoms with E-state index in [2.05, 4.69) is 15.4 Å². The van der Waals surface area contributed by atoms with Crippen molar-refractivity contribution in [2.24, 2.45) is 0 Å². The fourth-order valence-electron chi connectivity index (χ4n) is 2.54. The van der Waals surface area contributed by atoms with Crippen molar-refractivity contribution in [3.8, 4) is 17.0 Å². The fraction of sp³-hybridized carbons (Fsp3) is 0.200. The van der Waals surface area contributed by atoms with Crippen molar-refractivity contribution in [2.45, 2.75) is 19.9 Å². The molecule has 0 aliphatic rings. The maximum absolute atomic E-state index is 12.6. The molecule has 0 aliphatic carbocycles. The average molecular weight is 364 g/mol. The van der Waals surface area contributed by atoms with E-state index in [1.165, 1.54) is 10.7 Å². The summed E-state index contributed by atoms with van der Waals surface area (Å²) >= 11 is 0. The monoisotopic (exact) mass is 364 g/mol. The number of amides is 1. The van der Waals surface area contributed by atoms with Gasteiger partial charge in [0.25, 0.3) is 5.56 Å². The Kier molecular flexibility index (Phi) is 5.61. The first kappa shape index (κ1) is 18.3. The standard InChI is InChI=1S/C20H20N4O3/c1-3-27-17-6-4-16(5-7-17)22-20(26)14(2)24-19(25)9-8-18(23-24)15-10-12-21-13-11-15/h4-14H,3H2,1-2H3,(H,22,26). The van der Waals surface area contributed by atoms with Gasteiger partial charge in [-0.15, -0.1) is 0 Å². The minimum absolute atomic E-state index is 0.333. The van der Waals surface area contributed by atoms with Gasteiger partial charge in [0.05, 0.1) is 12.3 Å². The number of pyridine rings is 1. The Balaban J connectivity index is 1.79. The van der Waals surface area contributed by atoms with Gasteiger partial charge in [0.15, 0.2) is 0 Å². The molecule has 1 N–H and O–H groups in total. The van der Waals surface area contributed by atoms with Gasteiger partial charge in [0, 0.05) is 29.7 Å². The van der Waals surface area contributed by atoms with E-state index >= 15 is 0 Å². The third-order valence-corrected chi connectivity index (χ3v) is 3.98. The normalized spacial score (nSPS) is 11.6. The lowest BCUT2D eigenvalue weighted by Crippen LogP contribution is -2.33. The molecule has 1 atom stereocenters. The van der Waals surface area contributed by atoms with Gasteiger partial charge in [-0.05, 0) is 56.3 Å². The molecule has 0 bridgehead atoms. The molecule has 1 unspecified atom stereocenters. The van der Waals surface area contributed by atoms with Crippen molar-refractivity contribution < 1.29 is 9.53 Å². The first-order valence-corrected chi connectivity index (χ1v) is 8.62. The quantitative estimate of drug-likeness (QED) is 0.727. The number of aromatic nitrogens is 3. The second kappa shape index (κ2) is 8.27. The Bertz CT molecular complexity index is 969. The number of ether oxygens (including phenoxy) is 1. The molecule has 2 aromatic heterocycles. The molecule has 0 spiro atoms. The van der Waals surface area contributed by atoms with Crippen molar-refractivity contribution >= 4 is 11.6 Å². The predicted octanol–water partition coefficient (Wildman–Crippen LogP) is 2.90. The lowest BCUT2D eigenvalue weighted by molar-refractivity contribution is -0.119. The molecule has 0 fully saturated rings. The summed E-state index contributed by atoms with van der Waals surface area (Å²) < 4.78 is 6.56. The molecule has 1 aromatic carbocycles. The summed E-state index contributed by atoms with van der Waals surface area (Å²) in [4.78, 5) is 28.8. The highest BCUT2D eigenvalue weighted by Crippen LogP contribution is 2.18. The van der Waals surface area contributed by atoms with E-state index in [0.717, 1.165) is 11.3 Å². The molecular formula is C20H20N4O3. The highest BCUT2D eigenvalue weighted by molar-refractivity contribution is 5.93. The number of nitrogens with zero attached hydrogens (tertiary/aromatic N) is 3. The topological polar surface area (TPSA) is 86.1 Å². The van der Waals surface area contributed by atoms with Gasteiger partial charge in [0.2, 0.25) is 5.91 Å². The van der Waals surface area contributed by atoms with Crippen molar-refractivity contribution in [3.05, 3.63) is 71.3 Å². The Morgan fingerprint density at radius 3 is 2.48 bits per heavy atom. The number of benzene rings is 1. The first-order valence-electron chi connectivity index (χ1n) is 8.62. The Morgan fingerprint density at radius 1 is 1.11 bits per heavy atom. The zero-order chi connectivity index (χ0) is 19.2. The number of rotatable bonds is 6. The molecule has 2 heterocycles. The van der Waals surface area contributed by atoms with Gasteiger partial charge in [-0.1, -0.05) is 0 Å². The van der Waals surface area contributed by atoms with Crippen LogP contribution in [0.1, 0.15) is 19.9 Å². The van der Waals surface area contributed by atoms with E-state index in [1.54, 1.807) is 61.8 Å². The lowest BCUT2D eigenvalue weighted by Gasteiger charge is -2.15. The molecule has 138 valence electrons. The molecule has 27 heavy (non-hydrogen) atoms. The van der Waals surface area contributed by atoms with Crippen LogP contribution in [-0.2, 0) is 4.79 Å². The van der Waals surface area contributed by atoms with Crippen LogP contribution in [-0.4, -0.2) is 27.3 Å². The first-order chi connectivity index (χ1) is 13.1. The van der Waals surface area contributed by atoms with Crippen LogP contribution >= 0.6 is 0 Å². The van der Waals surface area contributed by atoms with Crippen molar-refractivity contribution in [2.75, 3.05) is 11.9 Å². The van der Waals surface area contributed by atoms with Crippen molar-refractivity contribution in [1.82, 2.24) is 14.8 Å². The second-order valence-electron chi connectivity index (χ2n) is 5.86. The number of hydrogen-bond acceptors (Lipinski definition) is 5. The smallest absolute Gasteiger partial charge is 0.267 e. The van der Waals surface area contributed by atoms with E-state index in [1.807, 2.05) is 6.92 Å². The van der Waals surface area contributed by atoms with E-state index < -0.39 is 6.04 Å². The van der Waals surface area contributed by atoms with Crippen LogP contribution in [0.4, 0.5) is 5.69 Å². The van der Waals surface area contributed by atoms with Crippen LogP contribution in [0.25, 0.3) is 11.3 Å². The van der Waals surface area contributed by atoms with Crippen LogP contribution in [0.2, 0.25) is 0 Å². The summed E-state index contributed by atoms with van der Waals surface area (Å²) in [7, 11) is 0. The van der Waals surface area contributed by atoms with Gasteiger partial charge in [-0.25, -0.2) is 4.68 Å². The minimum Gasteiger partial charge on any atom is -0.494 e. The second-order valence-corrected chi connectivity index (χ2v) is 5.86. The molecule has 1 amide bonds. The summed E-state index contributed by atoms with van der Waals surface area (Å²) in [6.07, 6.45) is 3.29. The summed E-state index contributed by atoms with van der Waals surface area (Å²) in [5.41, 5.74) is 1.69. The molecular weight excluding hydrogens is 344 g/mol. The van der Waals surface area contributed by atoms with Crippen molar-refractivity contribution in [3.63, 3.8) is 0 Å². The van der Waals surface area contributed by atoms with Crippen LogP contribution in [0.5, 0.6) is 5.75 Å². The zero-order valence-corrected chi connectivity index (χ0v) is 15.1. The molecule has 3 aromatic rings. The van der Waals surface area contributed by atoms with Crippen molar-refractivity contribution in [1.29, 1.82) is 0 Å². The predicted molar refractivity (Wildman–Crippen MR) is 103 cm³/mol. The molecule has 7 heteroatoms. The van der Waals surface area contributed by atoms with E-state index in [4.69, 9.17) is 4.74 Å². The van der Waals surface area contributed by atoms with Crippen LogP contribution < -0.4 is 15.6 Å². The third-order valence-electron chi connectivity index (χ3n) is 3.98. The highest BCUT2D eigenvalue weighted by atomic mass is 16.5. The third kappa shape index (κ3) is 4.38. The Hall–Kier alpha value is -3.48. The van der Waals surface area contributed by atoms with Crippen LogP contribution in [0.3, 0.4) is 0 Å². The van der Waals surface area contributed by atoms with E-state index in [0.29, 0.717) is 18.0 Å². The van der Waals surface area contributed by atoms with Gasteiger partial charge in [0.1, 0.15) is 11.8 Å². The SMILES string of the molecule is CCOc1ccc(NC(=O)C(C)n2nc(-c3ccncc3)ccc2=O)cc1. The maximum atomic E-state index is 12.6. The molecule has 0 saturated heterocycles. The largest absolute Gasteiger partial charge is 0.494 e. The van der Waals surface area contributed by atoms with Crippen LogP contribution in [0.15, 0.2) is 65.7 Å². The summed E-state index contributed by atoms with van der Waals surface area (Å²) in [5.74, 6) is 0.395. The number of carbonyl (C=O) groups excluding carboxylic acids is 1. The zero-order valence-electron chi connectivity index (χ0n) is 15.1. The van der Waals surface area contributed by atoms with Crippen LogP contribution in [0, 0.1) is 0 Å². The molecule has 0 aliphatic heterocycles. The Morgan fingerprint density at radius 2 is 1.81 bits per heavy atom. The summed E-state index contributed by atoms with van der Waals surface area (Å²) in [6, 6.07) is 12.9. The van der Waals surface area contributed by atoms with Gasteiger partial charge >= 0.3 is 0 Å². The molecule has 0 radical (unpaired) electrons. The van der Waals surface area contributed by atoms with Gasteiger partial charge in [-0.3, -0.25) is 14.6 Å². The number of carbonyl (C=O) groups is 1. The average Bonchev–Trinajstić information content (AvgIpc) is 2.70. The number of hydrogen-bond donors (Lipinski definition) is 1. The summed E-state index contributed by atoms with van der Waals surface area (Å²) in [6.45, 7) is 4.11. The lowest BCUT2D eigenvalue weighted by atomic mass is 10.2. The Labute approximate surface area is 156 Å². The molecule has 0 saturated carbocycles. The minimum atomic E-state index is -0.772. The van der Waals surface area contributed by atoms with E-state index in [-0.39, 0.29) is 11.5 Å². The number of anilines is 1.